The van der Waals surface area contributed by atoms with Gasteiger partial charge < -0.3 is 15.2 Å². The zero-order valence-corrected chi connectivity index (χ0v) is 12.8. The summed E-state index contributed by atoms with van der Waals surface area (Å²) in [5, 5.41) is 16.0. The number of anilines is 1. The molecule has 3 N–H and O–H groups in total. The first-order valence-electron chi connectivity index (χ1n) is 7.25. The Bertz CT molecular complexity index is 652. The van der Waals surface area contributed by atoms with Gasteiger partial charge in [0.15, 0.2) is 0 Å². The third kappa shape index (κ3) is 5.70. The minimum Gasteiger partial charge on any atom is -0.508 e. The highest BCUT2D eigenvalue weighted by atomic mass is 16.5. The fourth-order valence-corrected chi connectivity index (χ4v) is 1.80. The second kappa shape index (κ2) is 8.43. The summed E-state index contributed by atoms with van der Waals surface area (Å²) < 4.78 is 5.35. The summed E-state index contributed by atoms with van der Waals surface area (Å²) >= 11 is 0. The van der Waals surface area contributed by atoms with Crippen molar-refractivity contribution in [3.8, 4) is 11.5 Å². The molecule has 2 rings (SSSR count). The van der Waals surface area contributed by atoms with Crippen LogP contribution in [0.4, 0.5) is 5.69 Å². The van der Waals surface area contributed by atoms with Crippen molar-refractivity contribution in [2.45, 2.75) is 6.92 Å². The smallest absolute Gasteiger partial charge is 0.259 e. The first kappa shape index (κ1) is 16.4. The quantitative estimate of drug-likeness (QED) is 0.541. The van der Waals surface area contributed by atoms with Crippen molar-refractivity contribution < 1.29 is 14.6 Å². The molecule has 0 atom stereocenters. The molecule has 0 fully saturated rings. The number of benzene rings is 2. The molecule has 0 saturated heterocycles. The Morgan fingerprint density at radius 2 is 1.87 bits per heavy atom. The van der Waals surface area contributed by atoms with Crippen molar-refractivity contribution in [3.05, 3.63) is 54.1 Å². The molecule has 0 bridgehead atoms. The number of rotatable bonds is 7. The third-order valence-electron chi connectivity index (χ3n) is 2.91. The van der Waals surface area contributed by atoms with E-state index in [0.29, 0.717) is 6.61 Å². The standard InChI is InChI=1S/C17H19N3O3/c1-2-23-16-9-5-14(6-10-16)18-12-17(22)20-19-11-13-3-7-15(21)8-4-13/h3-11,18,21H,2,12H2,1H3,(H,20,22)/b19-11+. The Kier molecular flexibility index (Phi) is 5.99. The molecule has 0 radical (unpaired) electrons. The molecule has 6 nitrogen and oxygen atoms in total. The van der Waals surface area contributed by atoms with Crippen LogP contribution in [-0.4, -0.2) is 30.4 Å². The first-order chi connectivity index (χ1) is 11.2. The number of hydrogen-bond donors (Lipinski definition) is 3. The maximum Gasteiger partial charge on any atom is 0.259 e. The lowest BCUT2D eigenvalue weighted by Gasteiger charge is -2.07. The maximum atomic E-state index is 11.7. The second-order valence-corrected chi connectivity index (χ2v) is 4.70. The minimum absolute atomic E-state index is 0.112. The van der Waals surface area contributed by atoms with E-state index in [1.807, 2.05) is 31.2 Å². The number of phenolic OH excluding ortho intramolecular Hbond substituents is 1. The van der Waals surface area contributed by atoms with Gasteiger partial charge >= 0.3 is 0 Å². The van der Waals surface area contributed by atoms with Gasteiger partial charge in [0.05, 0.1) is 19.4 Å². The van der Waals surface area contributed by atoms with Crippen LogP contribution in [-0.2, 0) is 4.79 Å². The number of aromatic hydroxyl groups is 1. The van der Waals surface area contributed by atoms with E-state index in [4.69, 9.17) is 9.84 Å². The topological polar surface area (TPSA) is 83.0 Å². The van der Waals surface area contributed by atoms with Gasteiger partial charge in [0, 0.05) is 5.69 Å². The van der Waals surface area contributed by atoms with Crippen LogP contribution in [0.15, 0.2) is 53.6 Å². The van der Waals surface area contributed by atoms with Crippen LogP contribution in [0.25, 0.3) is 0 Å². The number of hydrogen-bond acceptors (Lipinski definition) is 5. The molecule has 120 valence electrons. The highest BCUT2D eigenvalue weighted by Gasteiger charge is 2.00. The normalized spacial score (nSPS) is 10.5. The number of phenols is 1. The molecule has 2 aromatic carbocycles. The molecule has 1 amide bonds. The highest BCUT2D eigenvalue weighted by molar-refractivity contribution is 5.84. The number of carbonyl (C=O) groups excluding carboxylic acids is 1. The molecule has 0 aliphatic heterocycles. The Morgan fingerprint density at radius 3 is 2.52 bits per heavy atom. The lowest BCUT2D eigenvalue weighted by Crippen LogP contribution is -2.25. The molecule has 23 heavy (non-hydrogen) atoms. The summed E-state index contributed by atoms with van der Waals surface area (Å²) in [5.74, 6) is 0.723. The van der Waals surface area contributed by atoms with E-state index < -0.39 is 0 Å². The zero-order valence-electron chi connectivity index (χ0n) is 12.8. The number of ether oxygens (including phenoxy) is 1. The number of nitrogens with zero attached hydrogens (tertiary/aromatic N) is 1. The Balaban J connectivity index is 1.75. The van der Waals surface area contributed by atoms with Crippen molar-refractivity contribution in [1.29, 1.82) is 0 Å². The predicted molar refractivity (Wildman–Crippen MR) is 89.9 cm³/mol. The molecule has 6 heteroatoms. The van der Waals surface area contributed by atoms with Crippen LogP contribution in [0.5, 0.6) is 11.5 Å². The predicted octanol–water partition coefficient (Wildman–Crippen LogP) is 2.35. The fraction of sp³-hybridized carbons (Fsp3) is 0.176. The average Bonchev–Trinajstić information content (AvgIpc) is 2.56. The number of carbonyl (C=O) groups is 1. The molecule has 0 aliphatic carbocycles. The Labute approximate surface area is 134 Å². The van der Waals surface area contributed by atoms with E-state index in [1.165, 1.54) is 6.21 Å². The van der Waals surface area contributed by atoms with Gasteiger partial charge in [0.2, 0.25) is 0 Å². The summed E-state index contributed by atoms with van der Waals surface area (Å²) in [7, 11) is 0. The van der Waals surface area contributed by atoms with Crippen molar-refractivity contribution in [2.75, 3.05) is 18.5 Å². The average molecular weight is 313 g/mol. The summed E-state index contributed by atoms with van der Waals surface area (Å²) in [6.45, 7) is 2.66. The highest BCUT2D eigenvalue weighted by Crippen LogP contribution is 2.15. The van der Waals surface area contributed by atoms with Gasteiger partial charge in [-0.3, -0.25) is 4.79 Å². The van der Waals surface area contributed by atoms with E-state index >= 15 is 0 Å². The van der Waals surface area contributed by atoms with Gasteiger partial charge in [-0.2, -0.15) is 5.10 Å². The van der Waals surface area contributed by atoms with Gasteiger partial charge in [0.1, 0.15) is 11.5 Å². The largest absolute Gasteiger partial charge is 0.508 e. The summed E-state index contributed by atoms with van der Waals surface area (Å²) in [6.07, 6.45) is 1.51. The SMILES string of the molecule is CCOc1ccc(NCC(=O)N/N=C/c2ccc(O)cc2)cc1. The van der Waals surface area contributed by atoms with Crippen molar-refractivity contribution >= 4 is 17.8 Å². The second-order valence-electron chi connectivity index (χ2n) is 4.70. The summed E-state index contributed by atoms with van der Waals surface area (Å²) in [6, 6.07) is 13.9. The van der Waals surface area contributed by atoms with Gasteiger partial charge in [0.25, 0.3) is 5.91 Å². The van der Waals surface area contributed by atoms with Crippen molar-refractivity contribution in [3.63, 3.8) is 0 Å². The molecule has 2 aromatic rings. The van der Waals surface area contributed by atoms with Crippen molar-refractivity contribution in [1.82, 2.24) is 5.43 Å². The number of nitrogens with one attached hydrogen (secondary N) is 2. The summed E-state index contributed by atoms with van der Waals surface area (Å²) in [5.41, 5.74) is 4.03. The van der Waals surface area contributed by atoms with Crippen LogP contribution < -0.4 is 15.5 Å². The molecule has 0 heterocycles. The van der Waals surface area contributed by atoms with E-state index in [0.717, 1.165) is 17.0 Å². The molecular weight excluding hydrogens is 294 g/mol. The lowest BCUT2D eigenvalue weighted by molar-refractivity contribution is -0.119. The molecule has 0 spiro atoms. The summed E-state index contributed by atoms with van der Waals surface area (Å²) in [4.78, 5) is 11.7. The van der Waals surface area contributed by atoms with Crippen molar-refractivity contribution in [2.24, 2.45) is 5.10 Å². The van der Waals surface area contributed by atoms with E-state index in [-0.39, 0.29) is 18.2 Å². The van der Waals surface area contributed by atoms with Crippen LogP contribution in [0.1, 0.15) is 12.5 Å². The monoisotopic (exact) mass is 313 g/mol. The Hall–Kier alpha value is -3.02. The van der Waals surface area contributed by atoms with E-state index in [2.05, 4.69) is 15.8 Å². The minimum atomic E-state index is -0.256. The fourth-order valence-electron chi connectivity index (χ4n) is 1.80. The maximum absolute atomic E-state index is 11.7. The van der Waals surface area contributed by atoms with Crippen LogP contribution in [0, 0.1) is 0 Å². The molecule has 0 saturated carbocycles. The Morgan fingerprint density at radius 1 is 1.17 bits per heavy atom. The van der Waals surface area contributed by atoms with Gasteiger partial charge in [-0.1, -0.05) is 0 Å². The zero-order chi connectivity index (χ0) is 16.5. The first-order valence-corrected chi connectivity index (χ1v) is 7.25. The molecule has 0 aromatic heterocycles. The van der Waals surface area contributed by atoms with E-state index in [9.17, 15) is 4.79 Å². The molecule has 0 unspecified atom stereocenters. The van der Waals surface area contributed by atoms with Crippen LogP contribution >= 0.6 is 0 Å². The van der Waals surface area contributed by atoms with Gasteiger partial charge in [-0.05, 0) is 61.0 Å². The third-order valence-corrected chi connectivity index (χ3v) is 2.91. The molecule has 0 aliphatic rings. The number of amides is 1. The lowest BCUT2D eigenvalue weighted by atomic mass is 10.2. The van der Waals surface area contributed by atoms with Gasteiger partial charge in [-0.15, -0.1) is 0 Å². The number of hydrazone groups is 1. The van der Waals surface area contributed by atoms with E-state index in [1.54, 1.807) is 24.3 Å². The van der Waals surface area contributed by atoms with Crippen LogP contribution in [0.3, 0.4) is 0 Å². The van der Waals surface area contributed by atoms with Gasteiger partial charge in [-0.25, -0.2) is 5.43 Å². The molecular formula is C17H19N3O3. The van der Waals surface area contributed by atoms with Crippen LogP contribution in [0.2, 0.25) is 0 Å².